The summed E-state index contributed by atoms with van der Waals surface area (Å²) in [5.41, 5.74) is 6.61. The van der Waals surface area contributed by atoms with Crippen molar-refractivity contribution in [3.05, 3.63) is 0 Å². The molecule has 0 aromatic heterocycles. The van der Waals surface area contributed by atoms with Crippen LogP contribution in [0.1, 0.15) is 59.8 Å². The molecule has 0 radical (unpaired) electrons. The second kappa shape index (κ2) is 8.27. The fourth-order valence-corrected chi connectivity index (χ4v) is 3.91. The van der Waals surface area contributed by atoms with Gasteiger partial charge in [-0.2, -0.15) is 0 Å². The van der Waals surface area contributed by atoms with Gasteiger partial charge in [0.05, 0.1) is 0 Å². The summed E-state index contributed by atoms with van der Waals surface area (Å²) in [6.45, 7) is 10.0. The monoisotopic (exact) mass is 314 g/mol. The molecule has 0 aromatic rings. The van der Waals surface area contributed by atoms with Crippen LogP contribution in [-0.2, 0) is 9.53 Å². The minimum atomic E-state index is -0.658. The van der Waals surface area contributed by atoms with E-state index in [9.17, 15) is 9.90 Å². The van der Waals surface area contributed by atoms with E-state index in [1.165, 1.54) is 0 Å². The summed E-state index contributed by atoms with van der Waals surface area (Å²) in [5.74, 6) is -0.242. The number of esters is 1. The first kappa shape index (κ1) is 19.4. The van der Waals surface area contributed by atoms with E-state index >= 15 is 0 Å². The van der Waals surface area contributed by atoms with E-state index in [1.807, 2.05) is 6.92 Å². The molecule has 0 aromatic carbocycles. The van der Waals surface area contributed by atoms with Gasteiger partial charge in [-0.15, -0.1) is 0 Å². The number of ether oxygens (including phenoxy) is 1. The fraction of sp³-hybridized carbons (Fsp3) is 0.941. The van der Waals surface area contributed by atoms with Crippen molar-refractivity contribution in [2.45, 2.75) is 71.9 Å². The quantitative estimate of drug-likeness (QED) is 0.595. The molecule has 0 heterocycles. The summed E-state index contributed by atoms with van der Waals surface area (Å²) in [7, 11) is 0. The zero-order valence-corrected chi connectivity index (χ0v) is 14.7. The third-order valence-corrected chi connectivity index (χ3v) is 4.30. The van der Waals surface area contributed by atoms with Gasteiger partial charge in [0, 0.05) is 25.6 Å². The largest absolute Gasteiger partial charge is 0.463 e. The number of hydrogen-bond donors (Lipinski definition) is 3. The summed E-state index contributed by atoms with van der Waals surface area (Å²) in [4.78, 5) is 11.3. The van der Waals surface area contributed by atoms with Crippen molar-refractivity contribution < 1.29 is 14.6 Å². The zero-order valence-electron chi connectivity index (χ0n) is 14.7. The number of carbonyl (C=O) groups excluding carboxylic acids is 1. The molecule has 0 amide bonds. The van der Waals surface area contributed by atoms with Crippen molar-refractivity contribution in [3.8, 4) is 0 Å². The average Bonchev–Trinajstić information content (AvgIpc) is 2.33. The highest BCUT2D eigenvalue weighted by molar-refractivity contribution is 5.69. The normalized spacial score (nSPS) is 29.1. The summed E-state index contributed by atoms with van der Waals surface area (Å²) in [6, 6.07) is 0.246. The van der Waals surface area contributed by atoms with Gasteiger partial charge in [-0.05, 0) is 36.5 Å². The highest BCUT2D eigenvalue weighted by Gasteiger charge is 2.39. The van der Waals surface area contributed by atoms with Gasteiger partial charge in [0.15, 0.2) is 0 Å². The second-order valence-corrected chi connectivity index (χ2v) is 8.04. The van der Waals surface area contributed by atoms with Crippen molar-refractivity contribution in [1.29, 1.82) is 0 Å². The van der Waals surface area contributed by atoms with Crippen LogP contribution < -0.4 is 11.1 Å². The lowest BCUT2D eigenvalue weighted by Crippen LogP contribution is -2.47. The van der Waals surface area contributed by atoms with Crippen LogP contribution in [0, 0.1) is 10.8 Å². The molecule has 1 rings (SSSR count). The molecule has 0 spiro atoms. The molecule has 3 unspecified atom stereocenters. The van der Waals surface area contributed by atoms with Crippen LogP contribution in [0.15, 0.2) is 0 Å². The number of nitrogens with one attached hydrogen (secondary N) is 1. The molecule has 0 saturated heterocycles. The average molecular weight is 314 g/mol. The van der Waals surface area contributed by atoms with Crippen LogP contribution >= 0.6 is 0 Å². The Balaban J connectivity index is 2.29. The Morgan fingerprint density at radius 3 is 2.68 bits per heavy atom. The number of rotatable bonds is 8. The Morgan fingerprint density at radius 2 is 2.09 bits per heavy atom. The first-order valence-electron chi connectivity index (χ1n) is 8.46. The van der Waals surface area contributed by atoms with Crippen molar-refractivity contribution >= 4 is 5.97 Å². The summed E-state index contributed by atoms with van der Waals surface area (Å²) in [6.07, 6.45) is 3.72. The number of nitrogens with two attached hydrogens (primary N) is 1. The number of aliphatic hydroxyl groups is 1. The third kappa shape index (κ3) is 7.07. The minimum absolute atomic E-state index is 0.0631. The van der Waals surface area contributed by atoms with Crippen molar-refractivity contribution in [1.82, 2.24) is 5.32 Å². The maximum absolute atomic E-state index is 11.3. The molecule has 5 heteroatoms. The van der Waals surface area contributed by atoms with E-state index in [4.69, 9.17) is 10.5 Å². The van der Waals surface area contributed by atoms with Crippen molar-refractivity contribution in [2.75, 3.05) is 19.7 Å². The maximum atomic E-state index is 11.3. The summed E-state index contributed by atoms with van der Waals surface area (Å²) < 4.78 is 5.01. The summed E-state index contributed by atoms with van der Waals surface area (Å²) >= 11 is 0. The van der Waals surface area contributed by atoms with Crippen molar-refractivity contribution in [2.24, 2.45) is 16.6 Å². The van der Waals surface area contributed by atoms with Gasteiger partial charge < -0.3 is 20.9 Å². The van der Waals surface area contributed by atoms with Crippen LogP contribution in [0.5, 0.6) is 0 Å². The molecule has 0 bridgehead atoms. The topological polar surface area (TPSA) is 84.6 Å². The molecule has 130 valence electrons. The molecule has 0 aliphatic heterocycles. The Labute approximate surface area is 135 Å². The first-order chi connectivity index (χ1) is 10.2. The van der Waals surface area contributed by atoms with E-state index in [0.29, 0.717) is 13.0 Å². The Hall–Kier alpha value is -0.650. The number of carbonyl (C=O) groups is 1. The van der Waals surface area contributed by atoms with Crippen LogP contribution in [-0.4, -0.2) is 42.9 Å². The van der Waals surface area contributed by atoms with E-state index in [1.54, 1.807) is 0 Å². The van der Waals surface area contributed by atoms with Crippen LogP contribution in [0.4, 0.5) is 0 Å². The molecular formula is C17H34N2O3. The molecule has 4 N–H and O–H groups in total. The first-order valence-corrected chi connectivity index (χ1v) is 8.46. The van der Waals surface area contributed by atoms with Crippen LogP contribution in [0.2, 0.25) is 0 Å². The standard InChI is InChI=1S/C17H34N2O3/c1-5-6-15(21)22-10-14(20)9-19-12-17(4)8-13(18)7-16(2,3)11-17/h13-14,19-20H,5-12,18H2,1-4H3. The molecule has 22 heavy (non-hydrogen) atoms. The van der Waals surface area contributed by atoms with Gasteiger partial charge in [0.2, 0.25) is 0 Å². The SMILES string of the molecule is CCCC(=O)OCC(O)CNCC1(C)CC(N)CC(C)(C)C1. The van der Waals surface area contributed by atoms with Gasteiger partial charge in [-0.25, -0.2) is 0 Å². The van der Waals surface area contributed by atoms with Gasteiger partial charge in [-0.1, -0.05) is 27.7 Å². The Bertz CT molecular complexity index is 360. The molecule has 5 nitrogen and oxygen atoms in total. The van der Waals surface area contributed by atoms with Gasteiger partial charge in [0.1, 0.15) is 12.7 Å². The lowest BCUT2D eigenvalue weighted by atomic mass is 9.63. The molecule has 1 aliphatic carbocycles. The smallest absolute Gasteiger partial charge is 0.305 e. The van der Waals surface area contributed by atoms with Gasteiger partial charge in [0.25, 0.3) is 0 Å². The summed E-state index contributed by atoms with van der Waals surface area (Å²) in [5, 5.41) is 13.2. The van der Waals surface area contributed by atoms with Crippen molar-refractivity contribution in [3.63, 3.8) is 0 Å². The van der Waals surface area contributed by atoms with E-state index in [-0.39, 0.29) is 29.4 Å². The van der Waals surface area contributed by atoms with E-state index in [2.05, 4.69) is 26.1 Å². The fourth-order valence-electron chi connectivity index (χ4n) is 3.91. The maximum Gasteiger partial charge on any atom is 0.305 e. The highest BCUT2D eigenvalue weighted by Crippen LogP contribution is 2.45. The Morgan fingerprint density at radius 1 is 1.41 bits per heavy atom. The lowest BCUT2D eigenvalue weighted by molar-refractivity contribution is -0.146. The van der Waals surface area contributed by atoms with Crippen LogP contribution in [0.3, 0.4) is 0 Å². The predicted octanol–water partition coefficient (Wildman–Crippen LogP) is 1.82. The zero-order chi connectivity index (χ0) is 16.8. The molecular weight excluding hydrogens is 280 g/mol. The molecule has 1 fully saturated rings. The minimum Gasteiger partial charge on any atom is -0.463 e. The van der Waals surface area contributed by atoms with Crippen LogP contribution in [0.25, 0.3) is 0 Å². The van der Waals surface area contributed by atoms with E-state index in [0.717, 1.165) is 32.2 Å². The van der Waals surface area contributed by atoms with E-state index < -0.39 is 6.10 Å². The van der Waals surface area contributed by atoms with Gasteiger partial charge >= 0.3 is 5.97 Å². The molecule has 1 aliphatic rings. The molecule has 3 atom stereocenters. The predicted molar refractivity (Wildman–Crippen MR) is 88.5 cm³/mol. The number of hydrogen-bond acceptors (Lipinski definition) is 5. The van der Waals surface area contributed by atoms with Gasteiger partial charge in [-0.3, -0.25) is 4.79 Å². The Kier molecular flexibility index (Phi) is 7.29. The third-order valence-electron chi connectivity index (χ3n) is 4.30. The highest BCUT2D eigenvalue weighted by atomic mass is 16.5. The molecule has 1 saturated carbocycles. The lowest BCUT2D eigenvalue weighted by Gasteiger charge is -2.46. The number of aliphatic hydroxyl groups excluding tert-OH is 1. The second-order valence-electron chi connectivity index (χ2n) is 8.04.